The molecule has 0 rings (SSSR count). The first-order valence-electron chi connectivity index (χ1n) is 2.14. The maximum atomic E-state index is 10.7. The van der Waals surface area contributed by atoms with Crippen LogP contribution < -0.4 is 0 Å². The molecular weight excluding hydrogens is 267 g/mol. The quantitative estimate of drug-likeness (QED) is 0.515. The number of hydrogen-bond donors (Lipinski definition) is 0. The highest BCUT2D eigenvalue weighted by Crippen LogP contribution is 2.21. The lowest BCUT2D eigenvalue weighted by Gasteiger charge is -2.05. The molecule has 0 saturated carbocycles. The smallest absolute Gasteiger partial charge is 0.215 e. The Morgan fingerprint density at radius 3 is 1.70 bits per heavy atom. The third kappa shape index (κ3) is 1.58. The molecule has 0 heterocycles. The van der Waals surface area contributed by atoms with E-state index in [1.807, 2.05) is 0 Å². The third-order valence-corrected chi connectivity index (χ3v) is 4.71. The lowest BCUT2D eigenvalue weighted by Crippen LogP contribution is -2.26. The van der Waals surface area contributed by atoms with Crippen LogP contribution in [0.3, 0.4) is 0 Å². The largest absolute Gasteiger partial charge is 0.249 e. The van der Waals surface area contributed by atoms with Crippen molar-refractivity contribution in [2.45, 2.75) is 11.7 Å². The van der Waals surface area contributed by atoms with E-state index in [-0.39, 0.29) is 0 Å². The van der Waals surface area contributed by atoms with Crippen molar-refractivity contribution < 1.29 is 8.42 Å². The molecular formula is C4H3IN2O2S. The second kappa shape index (κ2) is 2.72. The van der Waals surface area contributed by atoms with Crippen LogP contribution in [0.1, 0.15) is 6.92 Å². The van der Waals surface area contributed by atoms with Crippen LogP contribution in [0.15, 0.2) is 0 Å². The van der Waals surface area contributed by atoms with Gasteiger partial charge in [0.2, 0.25) is 11.8 Å². The molecule has 0 bridgehead atoms. The molecule has 0 aromatic heterocycles. The van der Waals surface area contributed by atoms with E-state index in [9.17, 15) is 8.42 Å². The molecule has 0 amide bonds. The van der Waals surface area contributed by atoms with Crippen LogP contribution in [0.5, 0.6) is 0 Å². The lowest BCUT2D eigenvalue weighted by molar-refractivity contribution is 0.601. The Morgan fingerprint density at radius 1 is 1.40 bits per heavy atom. The van der Waals surface area contributed by atoms with E-state index < -0.39 is 11.8 Å². The number of rotatable bonds is 1. The Kier molecular flexibility index (Phi) is 2.63. The fraction of sp³-hybridized carbons (Fsp3) is 0.500. The molecule has 0 aliphatic heterocycles. The van der Waals surface area contributed by atoms with Gasteiger partial charge in [-0.3, -0.25) is 0 Å². The van der Waals surface area contributed by atoms with Crippen molar-refractivity contribution in [3.63, 3.8) is 0 Å². The second-order valence-electron chi connectivity index (χ2n) is 1.69. The van der Waals surface area contributed by atoms with Crippen LogP contribution >= 0.6 is 21.2 Å². The van der Waals surface area contributed by atoms with E-state index >= 15 is 0 Å². The van der Waals surface area contributed by atoms with Gasteiger partial charge < -0.3 is 0 Å². The molecule has 10 heavy (non-hydrogen) atoms. The fourth-order valence-electron chi connectivity index (χ4n) is 0.134. The molecule has 0 spiro atoms. The molecule has 0 fully saturated rings. The summed E-state index contributed by atoms with van der Waals surface area (Å²) in [6.07, 6.45) is 0. The summed E-state index contributed by atoms with van der Waals surface area (Å²) in [6.45, 7) is 1.06. The zero-order valence-corrected chi connectivity index (χ0v) is 7.97. The van der Waals surface area contributed by atoms with Crippen LogP contribution in [-0.4, -0.2) is 13.2 Å². The van der Waals surface area contributed by atoms with Crippen molar-refractivity contribution in [2.24, 2.45) is 0 Å². The molecule has 4 nitrogen and oxygen atoms in total. The van der Waals surface area contributed by atoms with Gasteiger partial charge in [0.25, 0.3) is 0 Å². The molecule has 0 N–H and O–H groups in total. The molecule has 54 valence electrons. The Morgan fingerprint density at radius 2 is 1.70 bits per heavy atom. The van der Waals surface area contributed by atoms with Crippen molar-refractivity contribution in [3.05, 3.63) is 0 Å². The van der Waals surface area contributed by atoms with Gasteiger partial charge in [0.1, 0.15) is 12.1 Å². The number of halogens is 1. The minimum absolute atomic E-state index is 1.06. The maximum absolute atomic E-state index is 10.7. The molecule has 0 unspecified atom stereocenters. The van der Waals surface area contributed by atoms with Gasteiger partial charge in [-0.2, -0.15) is 10.5 Å². The maximum Gasteiger partial charge on any atom is 0.249 e. The van der Waals surface area contributed by atoms with Gasteiger partial charge in [0, 0.05) is 0 Å². The first-order chi connectivity index (χ1) is 4.37. The SMILES string of the molecule is CC(C#N)(C#N)S(=O)(=O)I. The van der Waals surface area contributed by atoms with Crippen LogP contribution in [0.4, 0.5) is 0 Å². The fourth-order valence-corrected chi connectivity index (χ4v) is 0.943. The van der Waals surface area contributed by atoms with Gasteiger partial charge in [-0.15, -0.1) is 0 Å². The average molecular weight is 270 g/mol. The zero-order valence-electron chi connectivity index (χ0n) is 5.00. The molecule has 6 heteroatoms. The summed E-state index contributed by atoms with van der Waals surface area (Å²) in [7, 11) is -3.62. The Hall–Kier alpha value is -0.340. The highest BCUT2D eigenvalue weighted by molar-refractivity contribution is 14.2. The zero-order chi connectivity index (χ0) is 8.41. The molecule has 0 saturated heterocycles. The van der Waals surface area contributed by atoms with Crippen LogP contribution in [0.2, 0.25) is 0 Å². The minimum atomic E-state index is -3.62. The van der Waals surface area contributed by atoms with Gasteiger partial charge >= 0.3 is 0 Å². The number of hydrogen-bond acceptors (Lipinski definition) is 4. The average Bonchev–Trinajstić information content (AvgIpc) is 1.84. The molecule has 0 atom stereocenters. The van der Waals surface area contributed by atoms with Crippen molar-refractivity contribution in [3.8, 4) is 12.1 Å². The standard InChI is InChI=1S/C4H3IN2O2S/c1-4(2-6,3-7)10(5,8)9/h1H3. The predicted molar refractivity (Wildman–Crippen MR) is 42.6 cm³/mol. The topological polar surface area (TPSA) is 81.7 Å². The summed E-state index contributed by atoms with van der Waals surface area (Å²) in [5.41, 5.74) is 0. The van der Waals surface area contributed by atoms with Crippen LogP contribution in [0.25, 0.3) is 0 Å². The minimum Gasteiger partial charge on any atom is -0.215 e. The van der Waals surface area contributed by atoms with Crippen molar-refractivity contribution in [1.82, 2.24) is 0 Å². The van der Waals surface area contributed by atoms with Crippen molar-refractivity contribution in [2.75, 3.05) is 0 Å². The van der Waals surface area contributed by atoms with Gasteiger partial charge in [0.05, 0.1) is 21.2 Å². The second-order valence-corrected chi connectivity index (χ2v) is 6.87. The van der Waals surface area contributed by atoms with Gasteiger partial charge in [-0.25, -0.2) is 8.42 Å². The summed E-state index contributed by atoms with van der Waals surface area (Å²) in [5.74, 6) is 0. The summed E-state index contributed by atoms with van der Waals surface area (Å²) in [4.78, 5) is 0. The Labute approximate surface area is 71.0 Å². The van der Waals surface area contributed by atoms with Crippen molar-refractivity contribution in [1.29, 1.82) is 10.5 Å². The molecule has 0 radical (unpaired) electrons. The van der Waals surface area contributed by atoms with E-state index in [0.29, 0.717) is 0 Å². The predicted octanol–water partition coefficient (Wildman–Crippen LogP) is 0.557. The third-order valence-electron chi connectivity index (χ3n) is 0.914. The van der Waals surface area contributed by atoms with Gasteiger partial charge in [0.15, 0.2) is 0 Å². The van der Waals surface area contributed by atoms with Gasteiger partial charge in [-0.1, -0.05) is 0 Å². The first kappa shape index (κ1) is 9.66. The number of nitriles is 2. The normalized spacial score (nSPS) is 11.6. The summed E-state index contributed by atoms with van der Waals surface area (Å²) in [6, 6.07) is 2.82. The molecule has 0 aromatic carbocycles. The van der Waals surface area contributed by atoms with E-state index in [0.717, 1.165) is 28.1 Å². The molecule has 0 aromatic rings. The first-order valence-corrected chi connectivity index (χ1v) is 6.16. The van der Waals surface area contributed by atoms with Crippen LogP contribution in [-0.2, 0) is 7.01 Å². The van der Waals surface area contributed by atoms with E-state index in [1.54, 1.807) is 0 Å². The lowest BCUT2D eigenvalue weighted by atomic mass is 10.2. The molecule has 0 aliphatic rings. The highest BCUT2D eigenvalue weighted by Gasteiger charge is 2.37. The van der Waals surface area contributed by atoms with Gasteiger partial charge in [-0.05, 0) is 6.92 Å². The Balaban J connectivity index is 5.19. The Bertz CT molecular complexity index is 293. The monoisotopic (exact) mass is 270 g/mol. The van der Waals surface area contributed by atoms with Crippen molar-refractivity contribution >= 4 is 28.2 Å². The summed E-state index contributed by atoms with van der Waals surface area (Å²) < 4.78 is 19.4. The van der Waals surface area contributed by atoms with Crippen LogP contribution in [0, 0.1) is 22.7 Å². The summed E-state index contributed by atoms with van der Waals surface area (Å²) >= 11 is 1.08. The molecule has 0 aliphatic carbocycles. The summed E-state index contributed by atoms with van der Waals surface area (Å²) in [5, 5.41) is 16.5. The van der Waals surface area contributed by atoms with E-state index in [1.165, 1.54) is 12.1 Å². The van der Waals surface area contributed by atoms with E-state index in [2.05, 4.69) is 0 Å². The highest BCUT2D eigenvalue weighted by atomic mass is 127. The van der Waals surface area contributed by atoms with E-state index in [4.69, 9.17) is 10.5 Å². The number of nitrogens with zero attached hydrogens (tertiary/aromatic N) is 2.